The highest BCUT2D eigenvalue weighted by Gasteiger charge is 2.35. The first kappa shape index (κ1) is 20.7. The Morgan fingerprint density at radius 2 is 2.00 bits per heavy atom. The van der Waals surface area contributed by atoms with Gasteiger partial charge in [-0.15, -0.1) is 0 Å². The first-order valence-corrected chi connectivity index (χ1v) is 10.6. The molecule has 7 heteroatoms. The van der Waals surface area contributed by atoms with Crippen molar-refractivity contribution >= 4 is 29.1 Å². The minimum Gasteiger partial charge on any atom is -0.489 e. The number of nitrogens with one attached hydrogen (secondary N) is 1. The monoisotopic (exact) mass is 428 g/mol. The van der Waals surface area contributed by atoms with Crippen molar-refractivity contribution in [3.8, 4) is 5.75 Å². The fraction of sp³-hybridized carbons (Fsp3) is 0.391. The molecule has 2 heterocycles. The van der Waals surface area contributed by atoms with Crippen LogP contribution in [0.4, 0.5) is 5.69 Å². The van der Waals surface area contributed by atoms with Crippen molar-refractivity contribution in [2.45, 2.75) is 32.0 Å². The first-order valence-electron chi connectivity index (χ1n) is 10.3. The van der Waals surface area contributed by atoms with Gasteiger partial charge >= 0.3 is 0 Å². The van der Waals surface area contributed by atoms with Crippen LogP contribution in [0.5, 0.6) is 5.75 Å². The Kier molecular flexibility index (Phi) is 6.55. The normalized spacial score (nSPS) is 21.1. The topological polar surface area (TPSA) is 67.9 Å². The van der Waals surface area contributed by atoms with Gasteiger partial charge in [0.05, 0.1) is 12.0 Å². The smallest absolute Gasteiger partial charge is 0.227 e. The van der Waals surface area contributed by atoms with Crippen LogP contribution in [0.1, 0.15) is 24.8 Å². The molecule has 2 aromatic rings. The molecule has 0 bridgehead atoms. The Hall–Kier alpha value is -2.57. The van der Waals surface area contributed by atoms with Gasteiger partial charge in [-0.25, -0.2) is 0 Å². The molecule has 2 atom stereocenters. The molecule has 2 aliphatic rings. The summed E-state index contributed by atoms with van der Waals surface area (Å²) in [6.07, 6.45) is 2.33. The maximum atomic E-state index is 12.5. The Morgan fingerprint density at radius 3 is 2.73 bits per heavy atom. The zero-order valence-electron chi connectivity index (χ0n) is 16.7. The van der Waals surface area contributed by atoms with Gasteiger partial charge in [0.1, 0.15) is 12.4 Å². The summed E-state index contributed by atoms with van der Waals surface area (Å²) >= 11 is 6.15. The van der Waals surface area contributed by atoms with Crippen molar-refractivity contribution in [1.29, 1.82) is 0 Å². The van der Waals surface area contributed by atoms with Gasteiger partial charge in [0.2, 0.25) is 11.8 Å². The lowest BCUT2D eigenvalue weighted by atomic mass is 10.1. The number of halogens is 1. The van der Waals surface area contributed by atoms with Crippen LogP contribution in [0.15, 0.2) is 48.5 Å². The van der Waals surface area contributed by atoms with Crippen molar-refractivity contribution in [1.82, 2.24) is 5.32 Å². The molecule has 0 spiro atoms. The summed E-state index contributed by atoms with van der Waals surface area (Å²) < 4.78 is 11.3. The van der Waals surface area contributed by atoms with Crippen LogP contribution in [-0.2, 0) is 20.9 Å². The number of carbonyl (C=O) groups excluding carboxylic acids is 2. The average molecular weight is 429 g/mol. The zero-order valence-corrected chi connectivity index (χ0v) is 17.4. The highest BCUT2D eigenvalue weighted by Crippen LogP contribution is 2.27. The van der Waals surface area contributed by atoms with E-state index in [4.69, 9.17) is 21.1 Å². The molecular weight excluding hydrogens is 404 g/mol. The number of ether oxygens (including phenoxy) is 2. The number of carbonyl (C=O) groups is 2. The summed E-state index contributed by atoms with van der Waals surface area (Å²) in [5.41, 5.74) is 1.68. The van der Waals surface area contributed by atoms with Gasteiger partial charge in [0, 0.05) is 42.4 Å². The molecule has 4 rings (SSSR count). The van der Waals surface area contributed by atoms with Crippen LogP contribution < -0.4 is 15.0 Å². The fourth-order valence-corrected chi connectivity index (χ4v) is 3.99. The lowest BCUT2D eigenvalue weighted by molar-refractivity contribution is -0.126. The highest BCUT2D eigenvalue weighted by atomic mass is 35.5. The highest BCUT2D eigenvalue weighted by molar-refractivity contribution is 6.31. The zero-order chi connectivity index (χ0) is 20.9. The molecule has 2 fully saturated rings. The Balaban J connectivity index is 1.30. The molecule has 2 aliphatic heterocycles. The Labute approximate surface area is 181 Å². The van der Waals surface area contributed by atoms with Crippen LogP contribution in [0.3, 0.4) is 0 Å². The maximum Gasteiger partial charge on any atom is 0.227 e. The van der Waals surface area contributed by atoms with Crippen LogP contribution in [0.2, 0.25) is 5.02 Å². The third kappa shape index (κ3) is 4.94. The quantitative estimate of drug-likeness (QED) is 0.732. The molecule has 0 aliphatic carbocycles. The molecule has 158 valence electrons. The number of hydrogen-bond donors (Lipinski definition) is 1. The van der Waals surface area contributed by atoms with Crippen molar-refractivity contribution < 1.29 is 19.1 Å². The fourth-order valence-electron chi connectivity index (χ4n) is 3.80. The van der Waals surface area contributed by atoms with E-state index in [1.807, 2.05) is 48.5 Å². The van der Waals surface area contributed by atoms with Crippen molar-refractivity contribution in [3.05, 3.63) is 59.1 Å². The predicted molar refractivity (Wildman–Crippen MR) is 115 cm³/mol. The molecule has 0 radical (unpaired) electrons. The molecule has 0 unspecified atom stereocenters. The minimum absolute atomic E-state index is 0.0444. The Bertz CT molecular complexity index is 896. The van der Waals surface area contributed by atoms with E-state index < -0.39 is 0 Å². The van der Waals surface area contributed by atoms with E-state index >= 15 is 0 Å². The lowest BCUT2D eigenvalue weighted by Gasteiger charge is -2.18. The van der Waals surface area contributed by atoms with Gasteiger partial charge in [-0.1, -0.05) is 29.8 Å². The summed E-state index contributed by atoms with van der Waals surface area (Å²) in [5, 5.41) is 3.60. The van der Waals surface area contributed by atoms with E-state index in [2.05, 4.69) is 5.32 Å². The van der Waals surface area contributed by atoms with Gasteiger partial charge in [-0.05, 0) is 43.2 Å². The summed E-state index contributed by atoms with van der Waals surface area (Å²) in [6, 6.07) is 14.9. The third-order valence-corrected chi connectivity index (χ3v) is 5.89. The van der Waals surface area contributed by atoms with Gasteiger partial charge in [-0.2, -0.15) is 0 Å². The largest absolute Gasteiger partial charge is 0.489 e. The molecule has 6 nitrogen and oxygen atoms in total. The summed E-state index contributed by atoms with van der Waals surface area (Å²) in [5.74, 6) is 0.226. The number of nitrogens with zero attached hydrogens (tertiary/aromatic N) is 1. The van der Waals surface area contributed by atoms with Gasteiger partial charge in [0.15, 0.2) is 0 Å². The summed E-state index contributed by atoms with van der Waals surface area (Å²) in [6.45, 7) is 2.03. The van der Waals surface area contributed by atoms with Gasteiger partial charge in [-0.3, -0.25) is 9.59 Å². The molecule has 0 saturated carbocycles. The number of benzene rings is 2. The first-order chi connectivity index (χ1) is 14.6. The minimum atomic E-state index is -0.338. The van der Waals surface area contributed by atoms with E-state index in [0.717, 1.165) is 30.7 Å². The second kappa shape index (κ2) is 9.49. The molecule has 1 N–H and O–H groups in total. The number of amides is 2. The molecular formula is C23H25ClN2O4. The number of rotatable bonds is 7. The van der Waals surface area contributed by atoms with Crippen LogP contribution >= 0.6 is 11.6 Å². The van der Waals surface area contributed by atoms with Crippen LogP contribution in [0.25, 0.3) is 0 Å². The van der Waals surface area contributed by atoms with E-state index in [9.17, 15) is 9.59 Å². The summed E-state index contributed by atoms with van der Waals surface area (Å²) in [4.78, 5) is 26.6. The number of anilines is 1. The second-order valence-electron chi connectivity index (χ2n) is 7.66. The van der Waals surface area contributed by atoms with Crippen molar-refractivity contribution in [2.24, 2.45) is 5.92 Å². The maximum absolute atomic E-state index is 12.5. The number of hydrogen-bond acceptors (Lipinski definition) is 4. The molecule has 30 heavy (non-hydrogen) atoms. The van der Waals surface area contributed by atoms with E-state index in [1.54, 1.807) is 4.90 Å². The lowest BCUT2D eigenvalue weighted by Crippen LogP contribution is -2.37. The van der Waals surface area contributed by atoms with E-state index in [-0.39, 0.29) is 30.3 Å². The van der Waals surface area contributed by atoms with Gasteiger partial charge in [0.25, 0.3) is 0 Å². The van der Waals surface area contributed by atoms with Crippen molar-refractivity contribution in [2.75, 3.05) is 24.6 Å². The molecule has 0 aromatic heterocycles. The second-order valence-corrected chi connectivity index (χ2v) is 8.07. The van der Waals surface area contributed by atoms with Gasteiger partial charge < -0.3 is 19.7 Å². The predicted octanol–water partition coefficient (Wildman–Crippen LogP) is 3.57. The molecule has 2 amide bonds. The SMILES string of the molecule is O=C(NC[C@@H]1CCCO1)[C@@H]1CC(=O)N(c2ccc(OCc3ccccc3Cl)cc2)C1. The van der Waals surface area contributed by atoms with Crippen LogP contribution in [-0.4, -0.2) is 37.6 Å². The summed E-state index contributed by atoms with van der Waals surface area (Å²) in [7, 11) is 0. The van der Waals surface area contributed by atoms with E-state index in [1.165, 1.54) is 0 Å². The van der Waals surface area contributed by atoms with Crippen LogP contribution in [0, 0.1) is 5.92 Å². The third-order valence-electron chi connectivity index (χ3n) is 5.52. The molecule has 2 aromatic carbocycles. The van der Waals surface area contributed by atoms with Crippen molar-refractivity contribution in [3.63, 3.8) is 0 Å². The van der Waals surface area contributed by atoms with E-state index in [0.29, 0.717) is 30.5 Å². The Morgan fingerprint density at radius 1 is 1.20 bits per heavy atom. The average Bonchev–Trinajstić information content (AvgIpc) is 3.42. The standard InChI is InChI=1S/C23H25ClN2O4/c24-21-6-2-1-4-16(21)15-30-19-9-7-18(8-10-19)26-14-17(12-22(26)27)23(28)25-13-20-5-3-11-29-20/h1-2,4,6-10,17,20H,3,5,11-15H2,(H,25,28)/t17-,20+/m1/s1. The molecule has 2 saturated heterocycles.